The maximum Gasteiger partial charge on any atom is 0.234 e. The van der Waals surface area contributed by atoms with E-state index >= 15 is 0 Å². The fourth-order valence-corrected chi connectivity index (χ4v) is 3.72. The van der Waals surface area contributed by atoms with Gasteiger partial charge < -0.3 is 10.2 Å². The smallest absolute Gasteiger partial charge is 0.234 e. The van der Waals surface area contributed by atoms with Gasteiger partial charge in [0, 0.05) is 37.6 Å². The Kier molecular flexibility index (Phi) is 6.95. The lowest BCUT2D eigenvalue weighted by Crippen LogP contribution is -2.15. The van der Waals surface area contributed by atoms with Crippen LogP contribution in [0.1, 0.15) is 11.1 Å². The quantitative estimate of drug-likeness (QED) is 0.427. The number of thioether (sulfide) groups is 1. The number of aryl methyl sites for hydroxylation is 2. The number of rotatable bonds is 8. The number of carbonyl (C=O) groups is 1. The van der Waals surface area contributed by atoms with Gasteiger partial charge >= 0.3 is 0 Å². The maximum absolute atomic E-state index is 12.4. The Morgan fingerprint density at radius 3 is 2.67 bits per heavy atom. The first-order valence-electron chi connectivity index (χ1n) is 9.71. The Bertz CT molecular complexity index is 1060. The lowest BCUT2D eigenvalue weighted by molar-refractivity contribution is -0.113. The molecule has 1 heterocycles. The van der Waals surface area contributed by atoms with Gasteiger partial charge in [0.25, 0.3) is 0 Å². The van der Waals surface area contributed by atoms with Crippen molar-refractivity contribution in [3.05, 3.63) is 66.2 Å². The van der Waals surface area contributed by atoms with Crippen LogP contribution < -0.4 is 10.2 Å². The third kappa shape index (κ3) is 5.10. The Morgan fingerprint density at radius 2 is 1.97 bits per heavy atom. The average Bonchev–Trinajstić information content (AvgIpc) is 3.12. The number of benzene rings is 2. The van der Waals surface area contributed by atoms with Crippen LogP contribution in [0, 0.1) is 13.8 Å². The molecule has 3 rings (SSSR count). The maximum atomic E-state index is 12.4. The molecule has 0 spiro atoms. The second-order valence-electron chi connectivity index (χ2n) is 7.29. The van der Waals surface area contributed by atoms with Gasteiger partial charge in [-0.1, -0.05) is 36.0 Å². The summed E-state index contributed by atoms with van der Waals surface area (Å²) in [5.74, 6) is 0.933. The molecule has 1 aromatic heterocycles. The van der Waals surface area contributed by atoms with E-state index in [4.69, 9.17) is 0 Å². The van der Waals surface area contributed by atoms with Crippen molar-refractivity contribution in [2.24, 2.45) is 0 Å². The molecule has 0 saturated heterocycles. The third-order valence-corrected chi connectivity index (χ3v) is 5.74. The monoisotopic (exact) mass is 421 g/mol. The molecule has 0 bridgehead atoms. The summed E-state index contributed by atoms with van der Waals surface area (Å²) in [6.45, 7) is 8.50. The first-order valence-corrected chi connectivity index (χ1v) is 10.7. The highest BCUT2D eigenvalue weighted by atomic mass is 32.2. The molecule has 0 saturated carbocycles. The molecule has 1 N–H and O–H groups in total. The van der Waals surface area contributed by atoms with Crippen LogP contribution in [0.3, 0.4) is 0 Å². The zero-order valence-corrected chi connectivity index (χ0v) is 18.7. The fraction of sp³-hybridized carbons (Fsp3) is 0.261. The summed E-state index contributed by atoms with van der Waals surface area (Å²) in [7, 11) is 4.01. The molecular formula is C23H27N5OS. The summed E-state index contributed by atoms with van der Waals surface area (Å²) in [5.41, 5.74) is 5.21. The molecule has 0 aliphatic carbocycles. The van der Waals surface area contributed by atoms with Crippen LogP contribution in [0.4, 0.5) is 11.4 Å². The van der Waals surface area contributed by atoms with Crippen LogP contribution in [-0.2, 0) is 11.3 Å². The molecule has 0 fully saturated rings. The standard InChI is InChI=1S/C23H27N5OS/c1-6-12-28-22(18-8-7-9-20(14-18)27(4)5)25-26-23(28)30-15-21(29)24-19-11-10-16(2)17(3)13-19/h6-11,13-14H,1,12,15H2,2-5H3,(H,24,29). The number of amides is 1. The number of hydrogen-bond acceptors (Lipinski definition) is 5. The minimum absolute atomic E-state index is 0.0763. The molecule has 0 radical (unpaired) electrons. The first-order chi connectivity index (χ1) is 14.4. The summed E-state index contributed by atoms with van der Waals surface area (Å²) in [6, 6.07) is 14.0. The van der Waals surface area contributed by atoms with Crippen molar-refractivity contribution in [2.75, 3.05) is 30.1 Å². The topological polar surface area (TPSA) is 63.1 Å². The highest BCUT2D eigenvalue weighted by Gasteiger charge is 2.15. The van der Waals surface area contributed by atoms with E-state index in [2.05, 4.69) is 35.1 Å². The molecule has 0 unspecified atom stereocenters. The second-order valence-corrected chi connectivity index (χ2v) is 8.23. The SMILES string of the molecule is C=CCn1c(SCC(=O)Nc2ccc(C)c(C)c2)nnc1-c1cccc(N(C)C)c1. The van der Waals surface area contributed by atoms with Crippen molar-refractivity contribution in [2.45, 2.75) is 25.5 Å². The van der Waals surface area contributed by atoms with Gasteiger partial charge in [-0.25, -0.2) is 0 Å². The lowest BCUT2D eigenvalue weighted by Gasteiger charge is -2.14. The highest BCUT2D eigenvalue weighted by molar-refractivity contribution is 7.99. The van der Waals surface area contributed by atoms with E-state index in [1.54, 1.807) is 0 Å². The molecule has 3 aromatic rings. The molecular weight excluding hydrogens is 394 g/mol. The van der Waals surface area contributed by atoms with Gasteiger partial charge in [-0.3, -0.25) is 9.36 Å². The van der Waals surface area contributed by atoms with Crippen molar-refractivity contribution >= 4 is 29.0 Å². The first kappa shape index (κ1) is 21.6. The fourth-order valence-electron chi connectivity index (χ4n) is 2.97. The van der Waals surface area contributed by atoms with E-state index in [0.717, 1.165) is 28.3 Å². The van der Waals surface area contributed by atoms with E-state index in [9.17, 15) is 4.79 Å². The van der Waals surface area contributed by atoms with Gasteiger partial charge in [0.15, 0.2) is 11.0 Å². The van der Waals surface area contributed by atoms with Crippen molar-refractivity contribution in [1.29, 1.82) is 0 Å². The summed E-state index contributed by atoms with van der Waals surface area (Å²) in [5, 5.41) is 12.3. The third-order valence-electron chi connectivity index (χ3n) is 4.77. The van der Waals surface area contributed by atoms with Gasteiger partial charge in [-0.05, 0) is 49.2 Å². The van der Waals surface area contributed by atoms with E-state index in [1.807, 2.05) is 73.0 Å². The summed E-state index contributed by atoms with van der Waals surface area (Å²) in [4.78, 5) is 14.5. The summed E-state index contributed by atoms with van der Waals surface area (Å²) < 4.78 is 1.98. The van der Waals surface area contributed by atoms with Gasteiger partial charge in [0.2, 0.25) is 5.91 Å². The van der Waals surface area contributed by atoms with Gasteiger partial charge in [-0.15, -0.1) is 16.8 Å². The van der Waals surface area contributed by atoms with Crippen molar-refractivity contribution < 1.29 is 4.79 Å². The number of carbonyl (C=O) groups excluding carboxylic acids is 1. The average molecular weight is 422 g/mol. The lowest BCUT2D eigenvalue weighted by atomic mass is 10.1. The molecule has 0 aliphatic heterocycles. The van der Waals surface area contributed by atoms with E-state index < -0.39 is 0 Å². The van der Waals surface area contributed by atoms with Crippen LogP contribution in [0.15, 0.2) is 60.3 Å². The normalized spacial score (nSPS) is 10.7. The van der Waals surface area contributed by atoms with Crippen LogP contribution >= 0.6 is 11.8 Å². The number of aromatic nitrogens is 3. The molecule has 156 valence electrons. The van der Waals surface area contributed by atoms with E-state index in [0.29, 0.717) is 11.7 Å². The van der Waals surface area contributed by atoms with Crippen molar-refractivity contribution in [1.82, 2.24) is 14.8 Å². The summed E-state index contributed by atoms with van der Waals surface area (Å²) in [6.07, 6.45) is 1.81. The van der Waals surface area contributed by atoms with Crippen LogP contribution in [-0.4, -0.2) is 40.5 Å². The number of hydrogen-bond donors (Lipinski definition) is 1. The van der Waals surface area contributed by atoms with Gasteiger partial charge in [0.05, 0.1) is 5.75 Å². The number of nitrogens with one attached hydrogen (secondary N) is 1. The highest BCUT2D eigenvalue weighted by Crippen LogP contribution is 2.27. The predicted molar refractivity (Wildman–Crippen MR) is 125 cm³/mol. The molecule has 6 nitrogen and oxygen atoms in total. The van der Waals surface area contributed by atoms with E-state index in [1.165, 1.54) is 17.3 Å². The van der Waals surface area contributed by atoms with Crippen LogP contribution in [0.25, 0.3) is 11.4 Å². The van der Waals surface area contributed by atoms with Crippen molar-refractivity contribution in [3.63, 3.8) is 0 Å². The number of anilines is 2. The Balaban J connectivity index is 1.75. The van der Waals surface area contributed by atoms with Crippen LogP contribution in [0.5, 0.6) is 0 Å². The van der Waals surface area contributed by atoms with Gasteiger partial charge in [-0.2, -0.15) is 0 Å². The zero-order chi connectivity index (χ0) is 21.7. The Hall–Kier alpha value is -3.06. The Morgan fingerprint density at radius 1 is 1.17 bits per heavy atom. The molecule has 30 heavy (non-hydrogen) atoms. The molecule has 1 amide bonds. The molecule has 0 aliphatic rings. The Labute approximate surface area is 182 Å². The van der Waals surface area contributed by atoms with Gasteiger partial charge in [0.1, 0.15) is 0 Å². The summed E-state index contributed by atoms with van der Waals surface area (Å²) >= 11 is 1.37. The minimum atomic E-state index is -0.0763. The predicted octanol–water partition coefficient (Wildman–Crippen LogP) is 4.54. The number of nitrogens with zero attached hydrogens (tertiary/aromatic N) is 4. The van der Waals surface area contributed by atoms with E-state index in [-0.39, 0.29) is 11.7 Å². The molecule has 7 heteroatoms. The molecule has 0 atom stereocenters. The minimum Gasteiger partial charge on any atom is -0.378 e. The zero-order valence-electron chi connectivity index (χ0n) is 17.8. The molecule has 2 aromatic carbocycles. The second kappa shape index (κ2) is 9.63. The van der Waals surface area contributed by atoms with Crippen LogP contribution in [0.2, 0.25) is 0 Å². The number of allylic oxidation sites excluding steroid dienone is 1. The largest absolute Gasteiger partial charge is 0.378 e. The van der Waals surface area contributed by atoms with Crippen molar-refractivity contribution in [3.8, 4) is 11.4 Å².